The van der Waals surface area contributed by atoms with Crippen LogP contribution in [0.15, 0.2) is 30.1 Å². The fourth-order valence-corrected chi connectivity index (χ4v) is 8.50. The number of rotatable bonds is 2. The molecule has 4 aromatic heterocycles. The Kier molecular flexibility index (Phi) is 6.30. The molecule has 4 fully saturated rings. The molecule has 11 atom stereocenters. The Morgan fingerprint density at radius 2 is 1.93 bits per heavy atom. The van der Waals surface area contributed by atoms with Gasteiger partial charge in [-0.2, -0.15) is 0 Å². The van der Waals surface area contributed by atoms with Gasteiger partial charge >= 0.3 is 16.1 Å². The van der Waals surface area contributed by atoms with Gasteiger partial charge in [-0.3, -0.25) is 18.4 Å². The first-order valence-corrected chi connectivity index (χ1v) is 15.9. The largest absolute Gasteiger partial charge is 0.697 e. The average molecular weight is 654 g/mol. The molecule has 2 aliphatic carbocycles. The number of phosphoric ester groups is 1. The van der Waals surface area contributed by atoms with Crippen LogP contribution < -0.4 is 11.3 Å². The predicted molar refractivity (Wildman–Crippen MR) is 141 cm³/mol. The number of phosphoric acid groups is 1. The van der Waals surface area contributed by atoms with E-state index < -0.39 is 89.0 Å². The zero-order valence-electron chi connectivity index (χ0n) is 22.2. The van der Waals surface area contributed by atoms with Crippen LogP contribution in [-0.4, -0.2) is 92.8 Å². The Bertz CT molecular complexity index is 1920. The average Bonchev–Trinajstić information content (AvgIpc) is 3.28. The van der Waals surface area contributed by atoms with Crippen LogP contribution in [0.2, 0.25) is 0 Å². The summed E-state index contributed by atoms with van der Waals surface area (Å²) >= 11 is 0. The second kappa shape index (κ2) is 9.84. The molecule has 2 aliphatic heterocycles. The summed E-state index contributed by atoms with van der Waals surface area (Å²) in [7, 11) is -7.89. The number of nitrogen functional groups attached to an aromatic ring is 1. The molecule has 0 bridgehead atoms. The summed E-state index contributed by atoms with van der Waals surface area (Å²) in [6.07, 6.45) is -3.92. The third kappa shape index (κ3) is 4.18. The molecule has 1 spiro atoms. The molecule has 2 saturated carbocycles. The number of aromatic amines is 1. The van der Waals surface area contributed by atoms with E-state index in [-0.39, 0.29) is 17.0 Å². The number of aliphatic hydroxyl groups is 1. The lowest BCUT2D eigenvalue weighted by Gasteiger charge is -2.26. The van der Waals surface area contributed by atoms with E-state index in [2.05, 4.69) is 29.9 Å². The number of hydrogen-bond acceptors (Lipinski definition) is 15. The number of aromatic nitrogens is 8. The Morgan fingerprint density at radius 1 is 1.16 bits per heavy atom. The van der Waals surface area contributed by atoms with Gasteiger partial charge in [0, 0.05) is 9.98 Å². The number of hydrogen-bond donors (Lipinski definition) is 4. The van der Waals surface area contributed by atoms with Crippen molar-refractivity contribution in [3.05, 3.63) is 35.7 Å². The number of nitrogens with two attached hydrogens (primary N) is 1. The minimum Gasteiger partial charge on any atom is -0.388 e. The molecular formula is C22H23FN9O10P2+. The third-order valence-corrected chi connectivity index (χ3v) is 10.5. The molecule has 44 heavy (non-hydrogen) atoms. The first-order chi connectivity index (χ1) is 21.1. The fourth-order valence-electron chi connectivity index (χ4n) is 6.63. The van der Waals surface area contributed by atoms with Crippen LogP contribution in [-0.2, 0) is 32.0 Å². The summed E-state index contributed by atoms with van der Waals surface area (Å²) < 4.78 is 72.4. The van der Waals surface area contributed by atoms with Gasteiger partial charge in [0.05, 0.1) is 31.6 Å². The maximum atomic E-state index is 15.9. The number of nitrogens with one attached hydrogen (secondary N) is 1. The van der Waals surface area contributed by atoms with Gasteiger partial charge < -0.3 is 30.0 Å². The first kappa shape index (κ1) is 28.2. The Balaban J connectivity index is 1.08. The fraction of sp³-hybridized carbons (Fsp3) is 0.545. The van der Waals surface area contributed by atoms with Gasteiger partial charge in [-0.1, -0.05) is 0 Å². The number of alkyl halides is 1. The highest BCUT2D eigenvalue weighted by atomic mass is 31.2. The van der Waals surface area contributed by atoms with Crippen LogP contribution >= 0.6 is 16.1 Å². The summed E-state index contributed by atoms with van der Waals surface area (Å²) in [5.74, 6) is -0.256. The number of anilines is 1. The second-order valence-corrected chi connectivity index (χ2v) is 13.4. The van der Waals surface area contributed by atoms with Crippen molar-refractivity contribution >= 4 is 44.2 Å². The van der Waals surface area contributed by atoms with Crippen LogP contribution in [0.4, 0.5) is 10.2 Å². The zero-order chi connectivity index (χ0) is 30.5. The van der Waals surface area contributed by atoms with Gasteiger partial charge in [0.2, 0.25) is 0 Å². The van der Waals surface area contributed by atoms with Gasteiger partial charge in [-0.15, -0.1) is 9.05 Å². The van der Waals surface area contributed by atoms with Gasteiger partial charge in [-0.05, 0) is 12.3 Å². The Labute approximate surface area is 245 Å². The minimum absolute atomic E-state index is 0.00691. The summed E-state index contributed by atoms with van der Waals surface area (Å²) in [4.78, 5) is 45.5. The van der Waals surface area contributed by atoms with Crippen LogP contribution in [0.1, 0.15) is 18.7 Å². The van der Waals surface area contributed by atoms with Crippen molar-refractivity contribution in [3.8, 4) is 0 Å². The molecule has 5 N–H and O–H groups in total. The number of imidazole rings is 2. The van der Waals surface area contributed by atoms with Crippen LogP contribution in [0, 0.1) is 11.3 Å². The molecule has 22 heteroatoms. The lowest BCUT2D eigenvalue weighted by molar-refractivity contribution is -0.0556. The van der Waals surface area contributed by atoms with Crippen molar-refractivity contribution < 1.29 is 46.4 Å². The smallest absolute Gasteiger partial charge is 0.388 e. The minimum atomic E-state index is -4.97. The van der Waals surface area contributed by atoms with Gasteiger partial charge in [-0.25, -0.2) is 33.9 Å². The molecule has 0 radical (unpaired) electrons. The molecule has 6 heterocycles. The summed E-state index contributed by atoms with van der Waals surface area (Å²) in [5, 5.41) is 11.4. The molecule has 2 unspecified atom stereocenters. The Hall–Kier alpha value is -3.32. The van der Waals surface area contributed by atoms with Crippen molar-refractivity contribution in [2.75, 3.05) is 18.9 Å². The molecule has 4 aromatic rings. The summed E-state index contributed by atoms with van der Waals surface area (Å²) in [5.41, 5.74) is 4.84. The van der Waals surface area contributed by atoms with E-state index in [1.165, 1.54) is 12.7 Å². The molecule has 8 rings (SSSR count). The number of nitrogens with zero attached hydrogens (tertiary/aromatic N) is 7. The second-order valence-electron chi connectivity index (χ2n) is 11.0. The highest BCUT2D eigenvalue weighted by Crippen LogP contribution is 2.71. The predicted octanol–water partition coefficient (Wildman–Crippen LogP) is 0.274. The lowest BCUT2D eigenvalue weighted by atomic mass is 10.0. The molecule has 0 aromatic carbocycles. The molecule has 232 valence electrons. The van der Waals surface area contributed by atoms with E-state index in [1.807, 2.05) is 0 Å². The third-order valence-electron chi connectivity index (χ3n) is 8.73. The number of ether oxygens (including phenoxy) is 1. The van der Waals surface area contributed by atoms with Crippen molar-refractivity contribution in [1.82, 2.24) is 39.0 Å². The maximum absolute atomic E-state index is 15.9. The standard InChI is InChI=1S/C22H22FN9O10P2/c23-10-15-9(40-21(10)32-7-30-12-19(32)27-5-28-20(12)34)2-38-43(35)41-16-14(33)13(8-1-22(8,16)3-39-44(36,37)42-15)31-6-29-11-17(24)25-4-26-18(11)31/h4-10,13-16,21,33H,1-3H2,(H3-,24,25,26,27,28,34,36,37)/p+1/t8-,9-,10-,13-,14+,15-,16+,21-,22+/m1/s1. The van der Waals surface area contributed by atoms with Gasteiger partial charge in [0.1, 0.15) is 36.8 Å². The normalized spacial score (nSPS) is 39.8. The number of H-pyrrole nitrogens is 1. The zero-order valence-corrected chi connectivity index (χ0v) is 24.0. The monoisotopic (exact) mass is 654 g/mol. The van der Waals surface area contributed by atoms with Crippen LogP contribution in [0.5, 0.6) is 0 Å². The highest BCUT2D eigenvalue weighted by Gasteiger charge is 2.75. The first-order valence-electron chi connectivity index (χ1n) is 13.3. The topological polar surface area (TPSA) is 254 Å². The van der Waals surface area contributed by atoms with Crippen molar-refractivity contribution in [2.45, 2.75) is 49.3 Å². The quantitative estimate of drug-likeness (QED) is 0.212. The van der Waals surface area contributed by atoms with E-state index in [9.17, 15) is 23.9 Å². The van der Waals surface area contributed by atoms with E-state index >= 15 is 4.39 Å². The number of halogens is 1. The van der Waals surface area contributed by atoms with Gasteiger partial charge in [0.25, 0.3) is 5.56 Å². The molecule has 0 amide bonds. The number of fused-ring (bicyclic) bond motifs is 3. The van der Waals surface area contributed by atoms with Crippen LogP contribution in [0.3, 0.4) is 0 Å². The van der Waals surface area contributed by atoms with E-state index in [1.54, 1.807) is 4.57 Å². The maximum Gasteiger partial charge on any atom is 0.697 e. The SMILES string of the molecule is Nc1ncnc2c1ncn2[C@H]1[C@H](O)[C@@H]2O[P+](=O)OC[C@H]3O[C@@H](n4cnc5c(=O)[nH]cnc54)[C@H](F)[C@@H]3OP(=O)(O)OC[C@]23C[C@H]13. The van der Waals surface area contributed by atoms with Crippen LogP contribution in [0.25, 0.3) is 22.3 Å². The summed E-state index contributed by atoms with van der Waals surface area (Å²) in [6, 6.07) is -0.708. The lowest BCUT2D eigenvalue weighted by Crippen LogP contribution is -2.38. The molecule has 19 nitrogen and oxygen atoms in total. The van der Waals surface area contributed by atoms with Gasteiger partial charge in [0.15, 0.2) is 41.1 Å². The van der Waals surface area contributed by atoms with E-state index in [0.29, 0.717) is 17.6 Å². The molecule has 2 saturated heterocycles. The van der Waals surface area contributed by atoms with E-state index in [0.717, 1.165) is 17.2 Å². The van der Waals surface area contributed by atoms with Crippen molar-refractivity contribution in [3.63, 3.8) is 0 Å². The summed E-state index contributed by atoms with van der Waals surface area (Å²) in [6.45, 7) is -1.06. The highest BCUT2D eigenvalue weighted by molar-refractivity contribution is 7.47. The van der Waals surface area contributed by atoms with Crippen molar-refractivity contribution in [2.24, 2.45) is 11.3 Å². The Morgan fingerprint density at radius 3 is 2.77 bits per heavy atom. The number of aliphatic hydroxyl groups excluding tert-OH is 1. The van der Waals surface area contributed by atoms with Crippen molar-refractivity contribution in [1.29, 1.82) is 0 Å². The molecular weight excluding hydrogens is 631 g/mol. The van der Waals surface area contributed by atoms with E-state index in [4.69, 9.17) is 28.6 Å². The molecule has 4 aliphatic rings.